The molecule has 0 spiro atoms. The summed E-state index contributed by atoms with van der Waals surface area (Å²) in [6.45, 7) is 6.88. The molecule has 0 aliphatic heterocycles. The first-order valence-corrected chi connectivity index (χ1v) is 4.90. The largest absolute Gasteiger partial charge is 0.463 e. The predicted molar refractivity (Wildman–Crippen MR) is 53.6 cm³/mol. The van der Waals surface area contributed by atoms with Gasteiger partial charge < -0.3 is 10.1 Å². The summed E-state index contributed by atoms with van der Waals surface area (Å²) in [4.78, 5) is 11.1. The minimum absolute atomic E-state index is 0.0457. The van der Waals surface area contributed by atoms with E-state index in [9.17, 15) is 4.79 Å². The number of nitrogens with one attached hydrogen (secondary N) is 1. The highest BCUT2D eigenvalue weighted by atomic mass is 16.5. The average molecular weight is 187 g/mol. The maximum atomic E-state index is 11.1. The third-order valence-corrected chi connectivity index (χ3v) is 1.72. The fraction of sp³-hybridized carbons (Fsp3) is 0.900. The van der Waals surface area contributed by atoms with Crippen molar-refractivity contribution in [1.82, 2.24) is 5.32 Å². The van der Waals surface area contributed by atoms with Gasteiger partial charge in [-0.1, -0.05) is 13.8 Å². The summed E-state index contributed by atoms with van der Waals surface area (Å²) in [6, 6.07) is 0. The van der Waals surface area contributed by atoms with Crippen LogP contribution in [-0.4, -0.2) is 25.7 Å². The first kappa shape index (κ1) is 12.4. The number of carbonyl (C=O) groups excluding carboxylic acids is 1. The van der Waals surface area contributed by atoms with Gasteiger partial charge in [-0.25, -0.2) is 0 Å². The summed E-state index contributed by atoms with van der Waals surface area (Å²) < 4.78 is 5.18. The van der Waals surface area contributed by atoms with Crippen LogP contribution in [0.25, 0.3) is 0 Å². The second-order valence-electron chi connectivity index (χ2n) is 3.78. The lowest BCUT2D eigenvalue weighted by Crippen LogP contribution is -2.20. The molecule has 0 rings (SSSR count). The fourth-order valence-electron chi connectivity index (χ4n) is 1.22. The molecule has 1 atom stereocenters. The first-order chi connectivity index (χ1) is 6.06. The van der Waals surface area contributed by atoms with E-state index in [4.69, 9.17) is 4.74 Å². The molecule has 3 nitrogen and oxygen atoms in total. The lowest BCUT2D eigenvalue weighted by atomic mass is 10.1. The van der Waals surface area contributed by atoms with E-state index in [-0.39, 0.29) is 12.1 Å². The highest BCUT2D eigenvalue weighted by Gasteiger charge is 2.10. The van der Waals surface area contributed by atoms with Crippen molar-refractivity contribution in [2.75, 3.05) is 13.6 Å². The van der Waals surface area contributed by atoms with Gasteiger partial charge in [-0.2, -0.15) is 0 Å². The standard InChI is InChI=1S/C10H21NO2/c1-8(2)7-9(3)13-10(12)5-6-11-4/h8-9,11H,5-7H2,1-4H3. The van der Waals surface area contributed by atoms with Crippen LogP contribution < -0.4 is 5.32 Å². The molecule has 0 bridgehead atoms. The molecule has 3 heteroatoms. The summed E-state index contributed by atoms with van der Waals surface area (Å²) in [6.07, 6.45) is 1.44. The lowest BCUT2D eigenvalue weighted by molar-refractivity contribution is -0.148. The van der Waals surface area contributed by atoms with Gasteiger partial charge in [-0.05, 0) is 26.3 Å². The van der Waals surface area contributed by atoms with Gasteiger partial charge in [0.15, 0.2) is 0 Å². The maximum absolute atomic E-state index is 11.1. The highest BCUT2D eigenvalue weighted by Crippen LogP contribution is 2.07. The monoisotopic (exact) mass is 187 g/mol. The molecule has 0 saturated heterocycles. The summed E-state index contributed by atoms with van der Waals surface area (Å²) in [5.41, 5.74) is 0. The molecular weight excluding hydrogens is 166 g/mol. The highest BCUT2D eigenvalue weighted by molar-refractivity contribution is 5.69. The van der Waals surface area contributed by atoms with E-state index in [0.29, 0.717) is 18.9 Å². The Hall–Kier alpha value is -0.570. The van der Waals surface area contributed by atoms with Gasteiger partial charge in [0.1, 0.15) is 0 Å². The van der Waals surface area contributed by atoms with Crippen molar-refractivity contribution in [2.45, 2.75) is 39.7 Å². The maximum Gasteiger partial charge on any atom is 0.307 e. The Morgan fingerprint density at radius 1 is 1.38 bits per heavy atom. The van der Waals surface area contributed by atoms with Crippen molar-refractivity contribution in [3.63, 3.8) is 0 Å². The molecule has 1 unspecified atom stereocenters. The average Bonchev–Trinajstić information content (AvgIpc) is 1.98. The normalized spacial score (nSPS) is 13.0. The molecule has 0 heterocycles. The smallest absolute Gasteiger partial charge is 0.307 e. The third kappa shape index (κ3) is 7.78. The van der Waals surface area contributed by atoms with Crippen LogP contribution in [0.15, 0.2) is 0 Å². The molecule has 0 radical (unpaired) electrons. The van der Waals surface area contributed by atoms with E-state index in [0.717, 1.165) is 6.42 Å². The molecular formula is C10H21NO2. The molecule has 0 saturated carbocycles. The summed E-state index contributed by atoms with van der Waals surface area (Å²) >= 11 is 0. The molecule has 0 aromatic carbocycles. The van der Waals surface area contributed by atoms with Gasteiger partial charge in [0.2, 0.25) is 0 Å². The van der Waals surface area contributed by atoms with Crippen molar-refractivity contribution in [1.29, 1.82) is 0 Å². The molecule has 0 amide bonds. The molecule has 0 aliphatic rings. The summed E-state index contributed by atoms with van der Waals surface area (Å²) in [5, 5.41) is 2.91. The second-order valence-corrected chi connectivity index (χ2v) is 3.78. The molecule has 0 aromatic heterocycles. The Kier molecular flexibility index (Phi) is 6.59. The Bertz CT molecular complexity index is 146. The van der Waals surface area contributed by atoms with Gasteiger partial charge >= 0.3 is 5.97 Å². The summed E-state index contributed by atoms with van der Waals surface area (Å²) in [7, 11) is 1.82. The number of esters is 1. The van der Waals surface area contributed by atoms with Gasteiger partial charge in [0.05, 0.1) is 12.5 Å². The number of ether oxygens (including phenoxy) is 1. The SMILES string of the molecule is CNCCC(=O)OC(C)CC(C)C. The van der Waals surface area contributed by atoms with Gasteiger partial charge in [0, 0.05) is 6.54 Å². The van der Waals surface area contributed by atoms with Gasteiger partial charge in [-0.3, -0.25) is 4.79 Å². The van der Waals surface area contributed by atoms with Crippen molar-refractivity contribution in [2.24, 2.45) is 5.92 Å². The van der Waals surface area contributed by atoms with Crippen LogP contribution in [0.2, 0.25) is 0 Å². The third-order valence-electron chi connectivity index (χ3n) is 1.72. The van der Waals surface area contributed by atoms with E-state index in [2.05, 4.69) is 19.2 Å². The van der Waals surface area contributed by atoms with E-state index < -0.39 is 0 Å². The van der Waals surface area contributed by atoms with Crippen molar-refractivity contribution in [3.8, 4) is 0 Å². The van der Waals surface area contributed by atoms with Crippen LogP contribution in [0, 0.1) is 5.92 Å². The van der Waals surface area contributed by atoms with E-state index in [1.807, 2.05) is 14.0 Å². The van der Waals surface area contributed by atoms with Crippen LogP contribution in [0.5, 0.6) is 0 Å². The zero-order chi connectivity index (χ0) is 10.3. The van der Waals surface area contributed by atoms with Crippen LogP contribution in [0.3, 0.4) is 0 Å². The Morgan fingerprint density at radius 3 is 2.46 bits per heavy atom. The molecule has 78 valence electrons. The van der Waals surface area contributed by atoms with Crippen LogP contribution >= 0.6 is 0 Å². The molecule has 0 aliphatic carbocycles. The molecule has 1 N–H and O–H groups in total. The number of hydrogen-bond donors (Lipinski definition) is 1. The second kappa shape index (κ2) is 6.89. The van der Waals surface area contributed by atoms with Crippen LogP contribution in [-0.2, 0) is 9.53 Å². The van der Waals surface area contributed by atoms with Gasteiger partial charge in [0.25, 0.3) is 0 Å². The number of carbonyl (C=O) groups is 1. The van der Waals surface area contributed by atoms with E-state index in [1.165, 1.54) is 0 Å². The zero-order valence-corrected chi connectivity index (χ0v) is 9.09. The predicted octanol–water partition coefficient (Wildman–Crippen LogP) is 1.57. The quantitative estimate of drug-likeness (QED) is 0.641. The number of hydrogen-bond acceptors (Lipinski definition) is 3. The van der Waals surface area contributed by atoms with Gasteiger partial charge in [-0.15, -0.1) is 0 Å². The van der Waals surface area contributed by atoms with E-state index in [1.54, 1.807) is 0 Å². The molecule has 0 fully saturated rings. The zero-order valence-electron chi connectivity index (χ0n) is 9.09. The van der Waals surface area contributed by atoms with E-state index >= 15 is 0 Å². The van der Waals surface area contributed by atoms with Crippen molar-refractivity contribution >= 4 is 5.97 Å². The summed E-state index contributed by atoms with van der Waals surface area (Å²) in [5.74, 6) is 0.467. The first-order valence-electron chi connectivity index (χ1n) is 4.90. The van der Waals surface area contributed by atoms with Crippen LogP contribution in [0.1, 0.15) is 33.6 Å². The number of rotatable bonds is 6. The fourth-order valence-corrected chi connectivity index (χ4v) is 1.22. The topological polar surface area (TPSA) is 38.3 Å². The Morgan fingerprint density at radius 2 is 2.00 bits per heavy atom. The molecule has 13 heavy (non-hydrogen) atoms. The Balaban J connectivity index is 3.53. The van der Waals surface area contributed by atoms with Crippen LogP contribution in [0.4, 0.5) is 0 Å². The minimum Gasteiger partial charge on any atom is -0.463 e. The van der Waals surface area contributed by atoms with Crippen molar-refractivity contribution < 1.29 is 9.53 Å². The molecule has 0 aromatic rings. The Labute approximate surface area is 80.8 Å². The van der Waals surface area contributed by atoms with Crippen molar-refractivity contribution in [3.05, 3.63) is 0 Å². The lowest BCUT2D eigenvalue weighted by Gasteiger charge is -2.14. The minimum atomic E-state index is -0.109.